The molecule has 0 unspecified atom stereocenters. The maximum Gasteiger partial charge on any atom is 0.349 e. The van der Waals surface area contributed by atoms with Gasteiger partial charge in [-0.3, -0.25) is 9.78 Å². The summed E-state index contributed by atoms with van der Waals surface area (Å²) >= 11 is 0. The molecule has 1 aliphatic rings. The summed E-state index contributed by atoms with van der Waals surface area (Å²) < 4.78 is 5.35. The van der Waals surface area contributed by atoms with Crippen molar-refractivity contribution in [3.8, 4) is 0 Å². The minimum absolute atomic E-state index is 0. The summed E-state index contributed by atoms with van der Waals surface area (Å²) in [5.41, 5.74) is 3.35. The summed E-state index contributed by atoms with van der Waals surface area (Å²) in [6, 6.07) is 3.85. The van der Waals surface area contributed by atoms with E-state index < -0.39 is 11.5 Å². The number of fused-ring (bicyclic) bond motifs is 1. The molecule has 8 heteroatoms. The van der Waals surface area contributed by atoms with E-state index in [9.17, 15) is 9.59 Å². The summed E-state index contributed by atoms with van der Waals surface area (Å²) in [5, 5.41) is 6.13. The van der Waals surface area contributed by atoms with Gasteiger partial charge in [0.25, 0.3) is 5.91 Å². The molecule has 0 bridgehead atoms. The molecule has 0 radical (unpaired) electrons. The SMILES string of the molecule is Cc1cc(CCC(C)C)oc(=O)c1C(=O)NCc1cnc2c(c1)CNCC2.Cl.Cl. The van der Waals surface area contributed by atoms with Crippen molar-refractivity contribution in [2.45, 2.75) is 53.1 Å². The Balaban J connectivity index is 0.00000210. The van der Waals surface area contributed by atoms with E-state index >= 15 is 0 Å². The molecule has 160 valence electrons. The second-order valence-electron chi connectivity index (χ2n) is 7.55. The Morgan fingerprint density at radius 1 is 1.31 bits per heavy atom. The van der Waals surface area contributed by atoms with E-state index in [0.29, 0.717) is 30.2 Å². The van der Waals surface area contributed by atoms with Crippen LogP contribution in [0.1, 0.15) is 58.8 Å². The van der Waals surface area contributed by atoms with Crippen molar-refractivity contribution in [3.05, 3.63) is 62.5 Å². The fourth-order valence-electron chi connectivity index (χ4n) is 3.26. The first kappa shape index (κ1) is 25.1. The molecule has 2 aromatic heterocycles. The molecule has 2 aromatic rings. The Kier molecular flexibility index (Phi) is 9.83. The molecule has 1 amide bonds. The second-order valence-corrected chi connectivity index (χ2v) is 7.55. The van der Waals surface area contributed by atoms with E-state index in [1.54, 1.807) is 19.2 Å². The largest absolute Gasteiger partial charge is 0.427 e. The van der Waals surface area contributed by atoms with Gasteiger partial charge < -0.3 is 15.1 Å². The van der Waals surface area contributed by atoms with Gasteiger partial charge in [-0.15, -0.1) is 24.8 Å². The smallest absolute Gasteiger partial charge is 0.349 e. The van der Waals surface area contributed by atoms with E-state index in [-0.39, 0.29) is 30.4 Å². The van der Waals surface area contributed by atoms with E-state index in [2.05, 4.69) is 35.5 Å². The first-order valence-electron chi connectivity index (χ1n) is 9.53. The lowest BCUT2D eigenvalue weighted by molar-refractivity contribution is 0.0945. The second kappa shape index (κ2) is 11.3. The number of aromatic nitrogens is 1. The van der Waals surface area contributed by atoms with E-state index in [4.69, 9.17) is 4.42 Å². The lowest BCUT2D eigenvalue weighted by Gasteiger charge is -2.17. The lowest BCUT2D eigenvalue weighted by atomic mass is 10.0. The zero-order chi connectivity index (χ0) is 19.4. The van der Waals surface area contributed by atoms with Gasteiger partial charge in [-0.2, -0.15) is 0 Å². The molecule has 2 N–H and O–H groups in total. The Labute approximate surface area is 183 Å². The van der Waals surface area contributed by atoms with Crippen LogP contribution in [0.4, 0.5) is 0 Å². The minimum Gasteiger partial charge on any atom is -0.427 e. The van der Waals surface area contributed by atoms with Crippen LogP contribution in [0.25, 0.3) is 0 Å². The van der Waals surface area contributed by atoms with Crippen LogP contribution in [0.15, 0.2) is 27.5 Å². The van der Waals surface area contributed by atoms with Crippen LogP contribution in [-0.4, -0.2) is 17.4 Å². The van der Waals surface area contributed by atoms with Crippen LogP contribution >= 0.6 is 24.8 Å². The van der Waals surface area contributed by atoms with Gasteiger partial charge in [-0.1, -0.05) is 13.8 Å². The summed E-state index contributed by atoms with van der Waals surface area (Å²) in [6.07, 6.45) is 4.35. The first-order valence-corrected chi connectivity index (χ1v) is 9.53. The van der Waals surface area contributed by atoms with E-state index in [1.807, 2.05) is 0 Å². The van der Waals surface area contributed by atoms with Crippen molar-refractivity contribution in [2.75, 3.05) is 6.54 Å². The molecule has 1 aliphatic heterocycles. The van der Waals surface area contributed by atoms with Gasteiger partial charge in [0.1, 0.15) is 11.3 Å². The first-order chi connectivity index (χ1) is 12.9. The summed E-state index contributed by atoms with van der Waals surface area (Å²) in [5.74, 6) is 0.751. The van der Waals surface area contributed by atoms with Gasteiger partial charge in [-0.05, 0) is 48.1 Å². The van der Waals surface area contributed by atoms with Crippen LogP contribution in [-0.2, 0) is 25.9 Å². The van der Waals surface area contributed by atoms with Gasteiger partial charge in [0.15, 0.2) is 0 Å². The molecular weight excluding hydrogens is 413 g/mol. The summed E-state index contributed by atoms with van der Waals surface area (Å²) in [7, 11) is 0. The lowest BCUT2D eigenvalue weighted by Crippen LogP contribution is -2.30. The predicted molar refractivity (Wildman–Crippen MR) is 118 cm³/mol. The van der Waals surface area contributed by atoms with Crippen LogP contribution in [0.2, 0.25) is 0 Å². The normalized spacial score (nSPS) is 12.6. The van der Waals surface area contributed by atoms with Crippen LogP contribution in [0, 0.1) is 12.8 Å². The number of carbonyl (C=O) groups excluding carboxylic acids is 1. The molecule has 29 heavy (non-hydrogen) atoms. The number of rotatable bonds is 6. The van der Waals surface area contributed by atoms with Crippen molar-refractivity contribution in [2.24, 2.45) is 5.92 Å². The van der Waals surface area contributed by atoms with Gasteiger partial charge in [0, 0.05) is 44.4 Å². The number of hydrogen-bond donors (Lipinski definition) is 2. The molecular formula is C21H29Cl2N3O3. The Bertz CT molecular complexity index is 897. The van der Waals surface area contributed by atoms with Crippen LogP contribution < -0.4 is 16.3 Å². The van der Waals surface area contributed by atoms with Crippen molar-refractivity contribution in [1.29, 1.82) is 0 Å². The average molecular weight is 442 g/mol. The fraction of sp³-hybridized carbons (Fsp3) is 0.476. The van der Waals surface area contributed by atoms with Crippen molar-refractivity contribution in [1.82, 2.24) is 15.6 Å². The maximum absolute atomic E-state index is 12.5. The molecule has 0 aromatic carbocycles. The van der Waals surface area contributed by atoms with Crippen molar-refractivity contribution >= 4 is 30.7 Å². The summed E-state index contributed by atoms with van der Waals surface area (Å²) in [6.45, 7) is 8.09. The van der Waals surface area contributed by atoms with Crippen LogP contribution in [0.5, 0.6) is 0 Å². The van der Waals surface area contributed by atoms with Gasteiger partial charge in [0.2, 0.25) is 0 Å². The Morgan fingerprint density at radius 2 is 2.07 bits per heavy atom. The number of nitrogens with zero attached hydrogens (tertiary/aromatic N) is 1. The molecule has 0 atom stereocenters. The van der Waals surface area contributed by atoms with Gasteiger partial charge in [-0.25, -0.2) is 4.79 Å². The van der Waals surface area contributed by atoms with Crippen LogP contribution in [0.3, 0.4) is 0 Å². The highest BCUT2D eigenvalue weighted by Gasteiger charge is 2.17. The van der Waals surface area contributed by atoms with Gasteiger partial charge in [0.05, 0.1) is 0 Å². The van der Waals surface area contributed by atoms with Gasteiger partial charge >= 0.3 is 5.63 Å². The molecule has 0 spiro atoms. The fourth-order valence-corrected chi connectivity index (χ4v) is 3.26. The number of carbonyl (C=O) groups is 1. The average Bonchev–Trinajstić information content (AvgIpc) is 2.64. The molecule has 6 nitrogen and oxygen atoms in total. The highest BCUT2D eigenvalue weighted by atomic mass is 35.5. The zero-order valence-electron chi connectivity index (χ0n) is 17.0. The number of amides is 1. The molecule has 3 heterocycles. The number of hydrogen-bond acceptors (Lipinski definition) is 5. The molecule has 0 saturated heterocycles. The Hall–Kier alpha value is -1.89. The predicted octanol–water partition coefficient (Wildman–Crippen LogP) is 3.35. The highest BCUT2D eigenvalue weighted by Crippen LogP contribution is 2.14. The molecule has 0 fully saturated rings. The third-order valence-corrected chi connectivity index (χ3v) is 4.82. The number of halogens is 2. The molecule has 3 rings (SSSR count). The molecule has 0 saturated carbocycles. The third-order valence-electron chi connectivity index (χ3n) is 4.82. The highest BCUT2D eigenvalue weighted by molar-refractivity contribution is 5.95. The Morgan fingerprint density at radius 3 is 2.76 bits per heavy atom. The number of aryl methyl sites for hydroxylation is 2. The van der Waals surface area contributed by atoms with Crippen molar-refractivity contribution < 1.29 is 9.21 Å². The number of nitrogens with one attached hydrogen (secondary N) is 2. The summed E-state index contributed by atoms with van der Waals surface area (Å²) in [4.78, 5) is 29.3. The van der Waals surface area contributed by atoms with E-state index in [1.165, 1.54) is 0 Å². The molecule has 0 aliphatic carbocycles. The minimum atomic E-state index is -0.570. The maximum atomic E-state index is 12.5. The zero-order valence-corrected chi connectivity index (χ0v) is 18.7. The quantitative estimate of drug-likeness (QED) is 0.717. The third kappa shape index (κ3) is 6.56. The monoisotopic (exact) mass is 441 g/mol. The van der Waals surface area contributed by atoms with E-state index in [0.717, 1.165) is 42.8 Å². The topological polar surface area (TPSA) is 84.2 Å². The van der Waals surface area contributed by atoms with Crippen molar-refractivity contribution in [3.63, 3.8) is 0 Å². The number of pyridine rings is 1. The standard InChI is InChI=1S/C21H27N3O3.2ClH/c1-13(2)4-5-17-8-14(3)19(21(26)27-17)20(25)24-11-15-9-16-12-22-7-6-18(16)23-10-15;;/h8-10,13,22H,4-7,11-12H2,1-3H3,(H,24,25);2*1H.